The smallest absolute Gasteiger partial charge is 0.133 e. The lowest BCUT2D eigenvalue weighted by molar-refractivity contribution is 0.0165. The molecule has 0 heterocycles. The van der Waals surface area contributed by atoms with Crippen molar-refractivity contribution in [2.45, 2.75) is 76.6 Å². The summed E-state index contributed by atoms with van der Waals surface area (Å²) < 4.78 is 0. The Hall–Kier alpha value is -1.26. The van der Waals surface area contributed by atoms with Crippen molar-refractivity contribution < 1.29 is 15.3 Å². The monoisotopic (exact) mass is 292 g/mol. The SMILES string of the molecule is C=C[C@@H](O)C#CCC#CC[C@H](O)[C@@H](O)CCCCCCC. The lowest BCUT2D eigenvalue weighted by Crippen LogP contribution is -2.25. The summed E-state index contributed by atoms with van der Waals surface area (Å²) in [6.45, 7) is 5.58. The molecule has 0 aromatic carbocycles. The van der Waals surface area contributed by atoms with Crippen LogP contribution in [0.25, 0.3) is 0 Å². The number of hydrogen-bond donors (Lipinski definition) is 3. The van der Waals surface area contributed by atoms with Crippen molar-refractivity contribution in [1.29, 1.82) is 0 Å². The summed E-state index contributed by atoms with van der Waals surface area (Å²) >= 11 is 0. The first-order valence-electron chi connectivity index (χ1n) is 7.72. The Bertz CT molecular complexity index is 381. The van der Waals surface area contributed by atoms with Gasteiger partial charge in [0.05, 0.1) is 18.6 Å². The summed E-state index contributed by atoms with van der Waals surface area (Å²) in [5.74, 6) is 10.9. The van der Waals surface area contributed by atoms with Gasteiger partial charge in [0.15, 0.2) is 0 Å². The van der Waals surface area contributed by atoms with Crippen LogP contribution < -0.4 is 0 Å². The van der Waals surface area contributed by atoms with Crippen LogP contribution in [-0.2, 0) is 0 Å². The average Bonchev–Trinajstić information content (AvgIpc) is 2.49. The quantitative estimate of drug-likeness (QED) is 0.347. The Kier molecular flexibility index (Phi) is 12.9. The maximum Gasteiger partial charge on any atom is 0.133 e. The van der Waals surface area contributed by atoms with Gasteiger partial charge in [-0.2, -0.15) is 0 Å². The van der Waals surface area contributed by atoms with Crippen molar-refractivity contribution in [3.05, 3.63) is 12.7 Å². The molecule has 3 nitrogen and oxygen atoms in total. The summed E-state index contributed by atoms with van der Waals surface area (Å²) in [5.41, 5.74) is 0. The van der Waals surface area contributed by atoms with Crippen LogP contribution in [0, 0.1) is 23.7 Å². The van der Waals surface area contributed by atoms with Crippen molar-refractivity contribution in [2.75, 3.05) is 0 Å². The summed E-state index contributed by atoms with van der Waals surface area (Å²) in [7, 11) is 0. The average molecular weight is 292 g/mol. The van der Waals surface area contributed by atoms with Gasteiger partial charge >= 0.3 is 0 Å². The normalized spacial score (nSPS) is 14.1. The van der Waals surface area contributed by atoms with Crippen LogP contribution in [0.3, 0.4) is 0 Å². The van der Waals surface area contributed by atoms with Crippen molar-refractivity contribution in [1.82, 2.24) is 0 Å². The zero-order valence-corrected chi connectivity index (χ0v) is 13.0. The maximum atomic E-state index is 9.79. The zero-order chi connectivity index (χ0) is 15.9. The van der Waals surface area contributed by atoms with Crippen molar-refractivity contribution in [3.8, 4) is 23.7 Å². The fourth-order valence-electron chi connectivity index (χ4n) is 1.78. The van der Waals surface area contributed by atoms with Crippen LogP contribution in [0.5, 0.6) is 0 Å². The number of unbranched alkanes of at least 4 members (excludes halogenated alkanes) is 4. The molecular formula is C18H28O3. The molecule has 3 N–H and O–H groups in total. The van der Waals surface area contributed by atoms with E-state index in [4.69, 9.17) is 5.11 Å². The lowest BCUT2D eigenvalue weighted by atomic mass is 10.0. The summed E-state index contributed by atoms with van der Waals surface area (Å²) in [6.07, 6.45) is 5.91. The van der Waals surface area contributed by atoms with Gasteiger partial charge in [-0.15, -0.1) is 0 Å². The number of aliphatic hydroxyl groups is 3. The van der Waals surface area contributed by atoms with Crippen LogP contribution >= 0.6 is 0 Å². The van der Waals surface area contributed by atoms with Gasteiger partial charge in [-0.1, -0.05) is 75.4 Å². The van der Waals surface area contributed by atoms with Crippen molar-refractivity contribution in [3.63, 3.8) is 0 Å². The number of aliphatic hydroxyl groups excluding tert-OH is 3. The summed E-state index contributed by atoms with van der Waals surface area (Å²) in [6, 6.07) is 0. The highest BCUT2D eigenvalue weighted by molar-refractivity contribution is 5.16. The molecule has 0 unspecified atom stereocenters. The van der Waals surface area contributed by atoms with Gasteiger partial charge in [0, 0.05) is 6.42 Å². The fraction of sp³-hybridized carbons (Fsp3) is 0.667. The zero-order valence-electron chi connectivity index (χ0n) is 13.0. The second kappa shape index (κ2) is 13.7. The van der Waals surface area contributed by atoms with E-state index in [9.17, 15) is 10.2 Å². The minimum atomic E-state index is -0.813. The van der Waals surface area contributed by atoms with Crippen LogP contribution in [0.1, 0.15) is 58.3 Å². The molecule has 118 valence electrons. The molecular weight excluding hydrogens is 264 g/mol. The molecule has 3 atom stereocenters. The third kappa shape index (κ3) is 12.2. The Labute approximate surface area is 129 Å². The Morgan fingerprint density at radius 3 is 2.33 bits per heavy atom. The molecule has 0 aliphatic rings. The molecule has 0 aromatic rings. The summed E-state index contributed by atoms with van der Waals surface area (Å²) in [5, 5.41) is 28.7. The van der Waals surface area contributed by atoms with E-state index in [0.29, 0.717) is 12.8 Å². The highest BCUT2D eigenvalue weighted by atomic mass is 16.3. The predicted molar refractivity (Wildman–Crippen MR) is 86.4 cm³/mol. The summed E-state index contributed by atoms with van der Waals surface area (Å²) in [4.78, 5) is 0. The molecule has 0 saturated carbocycles. The Morgan fingerprint density at radius 1 is 0.952 bits per heavy atom. The van der Waals surface area contributed by atoms with E-state index < -0.39 is 18.3 Å². The fourth-order valence-corrected chi connectivity index (χ4v) is 1.78. The van der Waals surface area contributed by atoms with E-state index >= 15 is 0 Å². The second-order valence-corrected chi connectivity index (χ2v) is 5.07. The largest absolute Gasteiger partial charge is 0.390 e. The van der Waals surface area contributed by atoms with Gasteiger partial charge in [0.25, 0.3) is 0 Å². The maximum absolute atomic E-state index is 9.79. The lowest BCUT2D eigenvalue weighted by Gasteiger charge is -2.15. The van der Waals surface area contributed by atoms with Gasteiger partial charge < -0.3 is 15.3 Å². The van der Waals surface area contributed by atoms with E-state index in [2.05, 4.69) is 37.2 Å². The van der Waals surface area contributed by atoms with E-state index in [0.717, 1.165) is 12.8 Å². The molecule has 0 radical (unpaired) electrons. The topological polar surface area (TPSA) is 60.7 Å². The third-order valence-electron chi connectivity index (χ3n) is 3.13. The molecule has 21 heavy (non-hydrogen) atoms. The predicted octanol–water partition coefficient (Wildman–Crippen LogP) is 2.40. The van der Waals surface area contributed by atoms with Crippen LogP contribution in [0.2, 0.25) is 0 Å². The van der Waals surface area contributed by atoms with Gasteiger partial charge in [-0.05, 0) is 6.42 Å². The molecule has 0 fully saturated rings. The van der Waals surface area contributed by atoms with Gasteiger partial charge in [-0.3, -0.25) is 0 Å². The Morgan fingerprint density at radius 2 is 1.67 bits per heavy atom. The van der Waals surface area contributed by atoms with Gasteiger partial charge in [0.1, 0.15) is 6.10 Å². The molecule has 0 spiro atoms. The molecule has 0 amide bonds. The minimum absolute atomic E-state index is 0.252. The molecule has 0 saturated heterocycles. The van der Waals surface area contributed by atoms with E-state index in [1.165, 1.54) is 25.3 Å². The first-order valence-corrected chi connectivity index (χ1v) is 7.72. The third-order valence-corrected chi connectivity index (χ3v) is 3.13. The van der Waals surface area contributed by atoms with Gasteiger partial charge in [-0.25, -0.2) is 0 Å². The van der Waals surface area contributed by atoms with Crippen molar-refractivity contribution in [2.24, 2.45) is 0 Å². The highest BCUT2D eigenvalue weighted by Crippen LogP contribution is 2.10. The molecule has 0 bridgehead atoms. The molecule has 0 rings (SSSR count). The minimum Gasteiger partial charge on any atom is -0.390 e. The number of hydrogen-bond acceptors (Lipinski definition) is 3. The van der Waals surface area contributed by atoms with Crippen LogP contribution in [0.4, 0.5) is 0 Å². The molecule has 0 aromatic heterocycles. The van der Waals surface area contributed by atoms with Crippen LogP contribution in [0.15, 0.2) is 12.7 Å². The molecule has 0 aliphatic carbocycles. The first-order chi connectivity index (χ1) is 10.1. The van der Waals surface area contributed by atoms with Crippen LogP contribution in [-0.4, -0.2) is 33.6 Å². The van der Waals surface area contributed by atoms with E-state index in [-0.39, 0.29) is 6.42 Å². The van der Waals surface area contributed by atoms with Gasteiger partial charge in [0.2, 0.25) is 0 Å². The number of rotatable bonds is 9. The van der Waals surface area contributed by atoms with E-state index in [1.807, 2.05) is 0 Å². The molecule has 0 aliphatic heterocycles. The van der Waals surface area contributed by atoms with Crippen molar-refractivity contribution >= 4 is 0 Å². The first kappa shape index (κ1) is 19.7. The van der Waals surface area contributed by atoms with E-state index in [1.54, 1.807) is 0 Å². The second-order valence-electron chi connectivity index (χ2n) is 5.07. The Balaban J connectivity index is 3.79. The molecule has 3 heteroatoms. The highest BCUT2D eigenvalue weighted by Gasteiger charge is 2.14. The standard InChI is InChI=1S/C18H28O3/c1-3-5-6-7-11-14-17(20)18(21)15-12-9-8-10-13-16(19)4-2/h4,16-21H,2-3,5-8,11,14-15H2,1H3/t16-,17+,18+/m1/s1.